The van der Waals surface area contributed by atoms with Crippen molar-refractivity contribution in [1.82, 2.24) is 0 Å². The number of fused-ring (bicyclic) bond motifs is 8. The Hall–Kier alpha value is -6.52. The van der Waals surface area contributed by atoms with Gasteiger partial charge in [0.25, 0.3) is 6.71 Å². The van der Waals surface area contributed by atoms with Crippen molar-refractivity contribution in [3.05, 3.63) is 175 Å². The summed E-state index contributed by atoms with van der Waals surface area (Å²) in [4.78, 5) is 5.04. The topological polar surface area (TPSA) is 19.6 Å². The third-order valence-electron chi connectivity index (χ3n) is 12.6. The highest BCUT2D eigenvalue weighted by Gasteiger charge is 2.44. The second kappa shape index (κ2) is 12.5. The van der Waals surface area contributed by atoms with Crippen molar-refractivity contribution in [2.24, 2.45) is 0 Å². The van der Waals surface area contributed by atoms with Crippen molar-refractivity contribution in [3.8, 4) is 11.1 Å². The molecule has 2 aliphatic heterocycles. The Morgan fingerprint density at radius 3 is 1.71 bits per heavy atom. The molecule has 0 spiro atoms. The average molecular weight is 749 g/mol. The summed E-state index contributed by atoms with van der Waals surface area (Å²) in [6.45, 7) is 14.0. The van der Waals surface area contributed by atoms with Gasteiger partial charge in [-0.15, -0.1) is 0 Å². The Morgan fingerprint density at radius 2 is 1.00 bits per heavy atom. The maximum absolute atomic E-state index is 6.48. The van der Waals surface area contributed by atoms with Gasteiger partial charge in [-0.05, 0) is 97.8 Å². The molecule has 0 atom stereocenters. The number of hydrogen-bond donors (Lipinski definition) is 0. The molecule has 0 saturated heterocycles. The Morgan fingerprint density at radius 1 is 0.448 bits per heavy atom. The number of anilines is 6. The first-order chi connectivity index (χ1) is 28.0. The Labute approximate surface area is 341 Å². The van der Waals surface area contributed by atoms with Gasteiger partial charge in [0, 0.05) is 50.2 Å². The van der Waals surface area contributed by atoms with E-state index < -0.39 is 0 Å². The van der Waals surface area contributed by atoms with E-state index >= 15 is 0 Å². The molecule has 0 aliphatic carbocycles. The van der Waals surface area contributed by atoms with Crippen LogP contribution in [0.2, 0.25) is 0 Å². The summed E-state index contributed by atoms with van der Waals surface area (Å²) in [6.07, 6.45) is 0. The molecule has 0 saturated carbocycles. The minimum Gasteiger partial charge on any atom is -0.455 e. The van der Waals surface area contributed by atoms with Crippen molar-refractivity contribution in [2.45, 2.75) is 52.4 Å². The van der Waals surface area contributed by atoms with Gasteiger partial charge in [-0.25, -0.2) is 0 Å². The lowest BCUT2D eigenvalue weighted by Gasteiger charge is -2.45. The second-order valence-corrected chi connectivity index (χ2v) is 18.2. The number of benzene rings is 8. The Kier molecular flexibility index (Phi) is 7.48. The zero-order valence-corrected chi connectivity index (χ0v) is 34.0. The zero-order chi connectivity index (χ0) is 39.5. The summed E-state index contributed by atoms with van der Waals surface area (Å²) in [5.74, 6) is 0. The second-order valence-electron chi connectivity index (χ2n) is 18.2. The molecule has 11 rings (SSSR count). The third-order valence-corrected chi connectivity index (χ3v) is 12.6. The van der Waals surface area contributed by atoms with Crippen molar-refractivity contribution in [2.75, 3.05) is 9.80 Å². The first-order valence-electron chi connectivity index (χ1n) is 20.6. The highest BCUT2D eigenvalue weighted by molar-refractivity contribution is 7.00. The molecule has 0 bridgehead atoms. The van der Waals surface area contributed by atoms with Gasteiger partial charge in [-0.1, -0.05) is 157 Å². The van der Waals surface area contributed by atoms with E-state index in [4.69, 9.17) is 4.42 Å². The van der Waals surface area contributed by atoms with Gasteiger partial charge in [0.15, 0.2) is 0 Å². The predicted octanol–water partition coefficient (Wildman–Crippen LogP) is 13.1. The van der Waals surface area contributed by atoms with Crippen LogP contribution in [0.25, 0.3) is 43.8 Å². The number of hydrogen-bond acceptors (Lipinski definition) is 3. The molecule has 3 heterocycles. The molecule has 0 N–H and O–H groups in total. The van der Waals surface area contributed by atoms with Gasteiger partial charge in [-0.3, -0.25) is 0 Å². The molecule has 2 aliphatic rings. The van der Waals surface area contributed by atoms with Crippen molar-refractivity contribution >= 4 is 89.9 Å². The molecule has 0 fully saturated rings. The smallest absolute Gasteiger partial charge is 0.252 e. The van der Waals surface area contributed by atoms with Crippen molar-refractivity contribution in [1.29, 1.82) is 0 Å². The lowest BCUT2D eigenvalue weighted by Crippen LogP contribution is -2.61. The molecule has 0 unspecified atom stereocenters. The van der Waals surface area contributed by atoms with Crippen LogP contribution in [-0.4, -0.2) is 6.71 Å². The standard InChI is InChI=1S/C54H45BN2O/c1-53(2,3)36-26-30-46-43(32-36)55-44-33-37(54(4,5)6)27-31-47(44)57(45-20-11-15-34-14-7-8-16-39(34)45)49-22-13-21-48(51(49)55)56(46)38-28-24-35(25-29-38)40-18-12-19-42-41-17-9-10-23-50(41)58-52(40)42/h7-33H,1-6H3. The minimum atomic E-state index is -0.0152. The SMILES string of the molecule is CC(C)(C)c1ccc2c(c1)B1c3cc(C(C)(C)C)ccc3N(c3cccc4ccccc34)c3cccc(c31)N2c1ccc(-c2cccc3c2oc2ccccc23)cc1. The molecule has 1 aromatic heterocycles. The quantitative estimate of drug-likeness (QED) is 0.168. The number of para-hydroxylation sites is 2. The van der Waals surface area contributed by atoms with Crippen LogP contribution in [0.5, 0.6) is 0 Å². The molecular formula is C54H45BN2O. The first kappa shape index (κ1) is 34.7. The van der Waals surface area contributed by atoms with Gasteiger partial charge >= 0.3 is 0 Å². The lowest BCUT2D eigenvalue weighted by atomic mass is 9.33. The van der Waals surface area contributed by atoms with Crippen LogP contribution in [0.1, 0.15) is 52.7 Å². The van der Waals surface area contributed by atoms with Crippen molar-refractivity contribution < 1.29 is 4.42 Å². The van der Waals surface area contributed by atoms with Gasteiger partial charge < -0.3 is 14.2 Å². The average Bonchev–Trinajstić information content (AvgIpc) is 3.62. The molecule has 0 radical (unpaired) electrons. The normalized spacial score (nSPS) is 13.6. The van der Waals surface area contributed by atoms with Gasteiger partial charge in [0.2, 0.25) is 0 Å². The van der Waals surface area contributed by atoms with E-state index in [1.54, 1.807) is 0 Å². The summed E-state index contributed by atoms with van der Waals surface area (Å²) in [5, 5.41) is 4.77. The van der Waals surface area contributed by atoms with E-state index in [1.165, 1.54) is 66.7 Å². The molecule has 280 valence electrons. The number of rotatable bonds is 3. The summed E-state index contributed by atoms with van der Waals surface area (Å²) in [7, 11) is 0. The first-order valence-corrected chi connectivity index (χ1v) is 20.6. The minimum absolute atomic E-state index is 0.00959. The van der Waals surface area contributed by atoms with Crippen LogP contribution in [0.15, 0.2) is 168 Å². The molecule has 58 heavy (non-hydrogen) atoms. The van der Waals surface area contributed by atoms with E-state index in [0.29, 0.717) is 0 Å². The summed E-state index contributed by atoms with van der Waals surface area (Å²) in [5.41, 5.74) is 18.0. The number of nitrogens with zero attached hydrogens (tertiary/aromatic N) is 2. The molecule has 0 amide bonds. The largest absolute Gasteiger partial charge is 0.455 e. The lowest BCUT2D eigenvalue weighted by molar-refractivity contribution is 0.590. The maximum atomic E-state index is 6.48. The van der Waals surface area contributed by atoms with Crippen LogP contribution in [0.3, 0.4) is 0 Å². The Bertz CT molecular complexity index is 3100. The van der Waals surface area contributed by atoms with Crippen LogP contribution < -0.4 is 26.2 Å². The zero-order valence-electron chi connectivity index (χ0n) is 34.0. The van der Waals surface area contributed by atoms with E-state index in [-0.39, 0.29) is 17.5 Å². The molecule has 9 aromatic rings. The van der Waals surface area contributed by atoms with Crippen LogP contribution in [-0.2, 0) is 10.8 Å². The van der Waals surface area contributed by atoms with Crippen molar-refractivity contribution in [3.63, 3.8) is 0 Å². The maximum Gasteiger partial charge on any atom is 0.252 e. The fraction of sp³-hybridized carbons (Fsp3) is 0.148. The molecule has 3 nitrogen and oxygen atoms in total. The van der Waals surface area contributed by atoms with Crippen LogP contribution in [0, 0.1) is 0 Å². The van der Waals surface area contributed by atoms with Gasteiger partial charge in [0.05, 0.1) is 5.69 Å². The third kappa shape index (κ3) is 5.21. The summed E-state index contributed by atoms with van der Waals surface area (Å²) >= 11 is 0. The molecular weight excluding hydrogens is 703 g/mol. The summed E-state index contributed by atoms with van der Waals surface area (Å²) in [6, 6.07) is 60.7. The van der Waals surface area contributed by atoms with Crippen LogP contribution >= 0.6 is 0 Å². The monoisotopic (exact) mass is 748 g/mol. The molecule has 4 heteroatoms. The summed E-state index contributed by atoms with van der Waals surface area (Å²) < 4.78 is 6.48. The number of furan rings is 1. The molecule has 8 aromatic carbocycles. The van der Waals surface area contributed by atoms with E-state index in [1.807, 2.05) is 6.07 Å². The fourth-order valence-electron chi connectivity index (χ4n) is 9.58. The highest BCUT2D eigenvalue weighted by Crippen LogP contribution is 2.47. The van der Waals surface area contributed by atoms with E-state index in [0.717, 1.165) is 38.8 Å². The Balaban J connectivity index is 1.15. The van der Waals surface area contributed by atoms with Gasteiger partial charge in [0.1, 0.15) is 11.2 Å². The fourth-order valence-corrected chi connectivity index (χ4v) is 9.58. The van der Waals surface area contributed by atoms with E-state index in [2.05, 4.69) is 209 Å². The van der Waals surface area contributed by atoms with Crippen LogP contribution in [0.4, 0.5) is 34.1 Å². The van der Waals surface area contributed by atoms with E-state index in [9.17, 15) is 0 Å². The predicted molar refractivity (Wildman–Crippen MR) is 248 cm³/mol. The highest BCUT2D eigenvalue weighted by atomic mass is 16.3. The van der Waals surface area contributed by atoms with Gasteiger partial charge in [-0.2, -0.15) is 0 Å².